The quantitative estimate of drug-likeness (QED) is 0.505. The van der Waals surface area contributed by atoms with Crippen LogP contribution in [0.1, 0.15) is 6.92 Å². The molecule has 0 aliphatic carbocycles. The van der Waals surface area contributed by atoms with Crippen molar-refractivity contribution in [2.24, 2.45) is 0 Å². The molecule has 25 heavy (non-hydrogen) atoms. The fraction of sp³-hybridized carbons (Fsp3) is 0.368. The summed E-state index contributed by atoms with van der Waals surface area (Å²) in [5.41, 5.74) is 8.56. The minimum atomic E-state index is -0.137. The van der Waals surface area contributed by atoms with Crippen LogP contribution in [-0.2, 0) is 9.47 Å². The topological polar surface area (TPSA) is 77.8 Å². The molecule has 2 aromatic rings. The van der Waals surface area contributed by atoms with Crippen LogP contribution in [-0.4, -0.2) is 38.7 Å². The van der Waals surface area contributed by atoms with Gasteiger partial charge < -0.3 is 30.6 Å². The number of rotatable bonds is 8. The van der Waals surface area contributed by atoms with Gasteiger partial charge in [0.25, 0.3) is 0 Å². The van der Waals surface area contributed by atoms with Crippen LogP contribution in [0.5, 0.6) is 5.75 Å². The van der Waals surface area contributed by atoms with Crippen molar-refractivity contribution in [3.05, 3.63) is 48.5 Å². The molecule has 1 aliphatic rings. The van der Waals surface area contributed by atoms with E-state index < -0.39 is 0 Å². The van der Waals surface area contributed by atoms with Gasteiger partial charge in [-0.25, -0.2) is 0 Å². The summed E-state index contributed by atoms with van der Waals surface area (Å²) in [6.07, 6.45) is -0.130. The van der Waals surface area contributed by atoms with Gasteiger partial charge in [0, 0.05) is 30.2 Å². The van der Waals surface area contributed by atoms with Gasteiger partial charge in [0.2, 0.25) is 0 Å². The third kappa shape index (κ3) is 5.55. The number of ether oxygens (including phenoxy) is 3. The number of nitrogens with one attached hydrogen (secondary N) is 2. The molecule has 0 bridgehead atoms. The maximum absolute atomic E-state index is 5.73. The predicted octanol–water partition coefficient (Wildman–Crippen LogP) is 2.93. The molecule has 0 aromatic heterocycles. The normalized spacial score (nSPS) is 19.6. The summed E-state index contributed by atoms with van der Waals surface area (Å²) in [5.74, 6) is 0.828. The smallest absolute Gasteiger partial charge is 0.155 e. The van der Waals surface area contributed by atoms with Crippen LogP contribution in [0.2, 0.25) is 0 Å². The molecule has 3 rings (SSSR count). The lowest BCUT2D eigenvalue weighted by Crippen LogP contribution is -2.20. The Kier molecular flexibility index (Phi) is 5.98. The monoisotopic (exact) mass is 343 g/mol. The first kappa shape index (κ1) is 17.4. The van der Waals surface area contributed by atoms with E-state index in [4.69, 9.17) is 19.9 Å². The van der Waals surface area contributed by atoms with Gasteiger partial charge in [0.1, 0.15) is 18.5 Å². The number of hydrogen-bond acceptors (Lipinski definition) is 6. The summed E-state index contributed by atoms with van der Waals surface area (Å²) in [6.45, 7) is 4.61. The lowest BCUT2D eigenvalue weighted by atomic mass is 10.3. The molecule has 0 radical (unpaired) electrons. The van der Waals surface area contributed by atoms with Crippen LogP contribution in [0.4, 0.5) is 17.1 Å². The third-order valence-corrected chi connectivity index (χ3v) is 3.89. The second-order valence-corrected chi connectivity index (χ2v) is 5.97. The Morgan fingerprint density at radius 3 is 2.16 bits per heavy atom. The van der Waals surface area contributed by atoms with Gasteiger partial charge in [-0.15, -0.1) is 0 Å². The van der Waals surface area contributed by atoms with Crippen LogP contribution >= 0.6 is 0 Å². The van der Waals surface area contributed by atoms with Crippen LogP contribution in [0.3, 0.4) is 0 Å². The average molecular weight is 343 g/mol. The van der Waals surface area contributed by atoms with E-state index in [1.807, 2.05) is 55.5 Å². The molecule has 1 heterocycles. The first-order chi connectivity index (χ1) is 12.2. The molecule has 4 N–H and O–H groups in total. The summed E-state index contributed by atoms with van der Waals surface area (Å²) in [4.78, 5) is 0. The molecule has 1 saturated heterocycles. The maximum Gasteiger partial charge on any atom is 0.155 e. The highest BCUT2D eigenvalue weighted by Crippen LogP contribution is 2.18. The summed E-state index contributed by atoms with van der Waals surface area (Å²) in [5, 5.41) is 6.71. The number of nitrogen functional groups attached to an aromatic ring is 1. The molecule has 0 amide bonds. The number of hydrogen-bond donors (Lipinski definition) is 3. The van der Waals surface area contributed by atoms with Crippen molar-refractivity contribution < 1.29 is 14.2 Å². The van der Waals surface area contributed by atoms with Crippen LogP contribution in [0.25, 0.3) is 0 Å². The molecule has 0 spiro atoms. The van der Waals surface area contributed by atoms with Gasteiger partial charge in [0.15, 0.2) is 6.29 Å². The van der Waals surface area contributed by atoms with E-state index in [-0.39, 0.29) is 12.4 Å². The van der Waals surface area contributed by atoms with E-state index in [0.717, 1.165) is 35.9 Å². The zero-order chi connectivity index (χ0) is 17.5. The predicted molar refractivity (Wildman–Crippen MR) is 100 cm³/mol. The Morgan fingerprint density at radius 2 is 1.60 bits per heavy atom. The number of nitrogens with two attached hydrogens (primary N) is 1. The van der Waals surface area contributed by atoms with E-state index >= 15 is 0 Å². The van der Waals surface area contributed by atoms with Crippen molar-refractivity contribution in [1.29, 1.82) is 0 Å². The zero-order valence-electron chi connectivity index (χ0n) is 14.4. The Hall–Kier alpha value is -2.44. The van der Waals surface area contributed by atoms with E-state index in [0.29, 0.717) is 13.2 Å². The summed E-state index contributed by atoms with van der Waals surface area (Å²) < 4.78 is 16.6. The second-order valence-electron chi connectivity index (χ2n) is 5.97. The van der Waals surface area contributed by atoms with Crippen LogP contribution in [0.15, 0.2) is 48.5 Å². The standard InChI is InChI=1S/C19H25N3O3/c1-14-23-12-19(25-14)13-24-18-8-6-17(7-9-18)22-11-10-21-16-4-2-15(20)3-5-16/h2-9,14,19,21-22H,10-13,20H2,1H3. The lowest BCUT2D eigenvalue weighted by Gasteiger charge is -2.12. The average Bonchev–Trinajstić information content (AvgIpc) is 3.05. The summed E-state index contributed by atoms with van der Waals surface area (Å²) in [7, 11) is 0. The highest BCUT2D eigenvalue weighted by Gasteiger charge is 2.22. The molecule has 2 unspecified atom stereocenters. The largest absolute Gasteiger partial charge is 0.491 e. The van der Waals surface area contributed by atoms with Gasteiger partial charge >= 0.3 is 0 Å². The first-order valence-electron chi connectivity index (χ1n) is 8.52. The number of benzene rings is 2. The summed E-state index contributed by atoms with van der Waals surface area (Å²) >= 11 is 0. The van der Waals surface area contributed by atoms with Crippen molar-refractivity contribution in [2.75, 3.05) is 42.7 Å². The minimum absolute atomic E-state index is 0.00668. The van der Waals surface area contributed by atoms with Crippen molar-refractivity contribution in [3.8, 4) is 5.75 Å². The highest BCUT2D eigenvalue weighted by molar-refractivity contribution is 5.51. The van der Waals surface area contributed by atoms with Crippen molar-refractivity contribution in [2.45, 2.75) is 19.3 Å². The lowest BCUT2D eigenvalue weighted by molar-refractivity contribution is -0.0486. The Balaban J connectivity index is 1.35. The second kappa shape index (κ2) is 8.60. The third-order valence-electron chi connectivity index (χ3n) is 3.89. The molecule has 134 valence electrons. The van der Waals surface area contributed by atoms with E-state index in [2.05, 4.69) is 10.6 Å². The molecule has 0 saturated carbocycles. The highest BCUT2D eigenvalue weighted by atomic mass is 16.7. The van der Waals surface area contributed by atoms with Gasteiger partial charge in [0.05, 0.1) is 6.61 Å². The molecule has 2 aromatic carbocycles. The Labute approximate surface area is 148 Å². The van der Waals surface area contributed by atoms with E-state index in [1.165, 1.54) is 0 Å². The Morgan fingerprint density at radius 1 is 1.00 bits per heavy atom. The van der Waals surface area contributed by atoms with Gasteiger partial charge in [-0.3, -0.25) is 0 Å². The minimum Gasteiger partial charge on any atom is -0.491 e. The number of anilines is 3. The van der Waals surface area contributed by atoms with Crippen molar-refractivity contribution in [3.63, 3.8) is 0 Å². The molecule has 6 heteroatoms. The van der Waals surface area contributed by atoms with Crippen LogP contribution in [0, 0.1) is 0 Å². The first-order valence-corrected chi connectivity index (χ1v) is 8.52. The maximum atomic E-state index is 5.73. The molecule has 1 aliphatic heterocycles. The fourth-order valence-corrected chi connectivity index (χ4v) is 2.55. The van der Waals surface area contributed by atoms with E-state index in [9.17, 15) is 0 Å². The van der Waals surface area contributed by atoms with Gasteiger partial charge in [-0.2, -0.15) is 0 Å². The molecule has 2 atom stereocenters. The Bertz CT molecular complexity index is 646. The van der Waals surface area contributed by atoms with E-state index in [1.54, 1.807) is 0 Å². The molecular formula is C19H25N3O3. The van der Waals surface area contributed by atoms with Crippen molar-refractivity contribution in [1.82, 2.24) is 0 Å². The van der Waals surface area contributed by atoms with Gasteiger partial charge in [-0.1, -0.05) is 0 Å². The van der Waals surface area contributed by atoms with Gasteiger partial charge in [-0.05, 0) is 55.5 Å². The van der Waals surface area contributed by atoms with Crippen LogP contribution < -0.4 is 21.1 Å². The molecule has 6 nitrogen and oxygen atoms in total. The zero-order valence-corrected chi connectivity index (χ0v) is 14.4. The SMILES string of the molecule is CC1OCC(COc2ccc(NCCNc3ccc(N)cc3)cc2)O1. The fourth-order valence-electron chi connectivity index (χ4n) is 2.55. The van der Waals surface area contributed by atoms with Crippen molar-refractivity contribution >= 4 is 17.1 Å². The molecular weight excluding hydrogens is 318 g/mol. The molecule has 1 fully saturated rings. The summed E-state index contributed by atoms with van der Waals surface area (Å²) in [6, 6.07) is 15.6.